The Hall–Kier alpha value is -2.97. The minimum Gasteiger partial charge on any atom is -0.497 e. The van der Waals surface area contributed by atoms with E-state index in [-0.39, 0.29) is 31.4 Å². The number of carbonyl (C=O) groups is 2. The van der Waals surface area contributed by atoms with Crippen LogP contribution in [-0.4, -0.2) is 63.7 Å². The monoisotopic (exact) mass is 459 g/mol. The number of ether oxygens (including phenoxy) is 2. The number of esters is 1. The molecule has 8 heteroatoms. The molecule has 2 aromatic rings. The van der Waals surface area contributed by atoms with Gasteiger partial charge in [-0.2, -0.15) is 0 Å². The molecule has 2 aromatic carbocycles. The first-order valence-electron chi connectivity index (χ1n) is 11.0. The first kappa shape index (κ1) is 26.3. The van der Waals surface area contributed by atoms with E-state index >= 15 is 0 Å². The van der Waals surface area contributed by atoms with Gasteiger partial charge in [0.15, 0.2) is 0 Å². The van der Waals surface area contributed by atoms with Crippen LogP contribution in [0.4, 0.5) is 4.39 Å². The Morgan fingerprint density at radius 1 is 1.06 bits per heavy atom. The number of likely N-dealkylation sites (N-methyl/N-ethyl adjacent to an activating group) is 1. The van der Waals surface area contributed by atoms with Gasteiger partial charge in [0.05, 0.1) is 20.3 Å². The second kappa shape index (κ2) is 12.9. The fourth-order valence-electron chi connectivity index (χ4n) is 3.57. The number of hydrogen-bond donors (Lipinski definition) is 2. The molecule has 1 amide bonds. The number of halogens is 1. The van der Waals surface area contributed by atoms with Crippen LogP contribution in [-0.2, 0) is 26.3 Å². The molecule has 0 aliphatic rings. The highest BCUT2D eigenvalue weighted by atomic mass is 19.1. The Morgan fingerprint density at radius 3 is 2.30 bits per heavy atom. The second-order valence-electron chi connectivity index (χ2n) is 8.01. The van der Waals surface area contributed by atoms with Gasteiger partial charge in [0.25, 0.3) is 0 Å². The summed E-state index contributed by atoms with van der Waals surface area (Å²) in [5, 5.41) is 5.86. The van der Waals surface area contributed by atoms with E-state index in [9.17, 15) is 14.0 Å². The van der Waals surface area contributed by atoms with Crippen LogP contribution < -0.4 is 15.4 Å². The molecule has 0 spiro atoms. The number of carbonyl (C=O) groups excluding carboxylic acids is 2. The van der Waals surface area contributed by atoms with Crippen LogP contribution in [0.2, 0.25) is 0 Å². The minimum absolute atomic E-state index is 0.0892. The summed E-state index contributed by atoms with van der Waals surface area (Å²) >= 11 is 0. The predicted molar refractivity (Wildman–Crippen MR) is 126 cm³/mol. The Kier molecular flexibility index (Phi) is 10.3. The van der Waals surface area contributed by atoms with E-state index in [0.29, 0.717) is 25.2 Å². The summed E-state index contributed by atoms with van der Waals surface area (Å²) in [6, 6.07) is 13.4. The van der Waals surface area contributed by atoms with Crippen molar-refractivity contribution in [1.29, 1.82) is 0 Å². The number of rotatable bonds is 13. The standard InChI is InChI=1S/C25H34FN3O4/c1-5-33-24(31)25(2,20-8-10-21(26)11-9-20)18-29(17-23(30)28-15-14-27-3)16-19-6-12-22(32-4)13-7-19/h6-13,27H,5,14-18H2,1-4H3,(H,28,30). The van der Waals surface area contributed by atoms with Crippen LogP contribution in [0.5, 0.6) is 5.75 Å². The van der Waals surface area contributed by atoms with Crippen molar-refractivity contribution < 1.29 is 23.5 Å². The molecule has 1 atom stereocenters. The van der Waals surface area contributed by atoms with Gasteiger partial charge in [-0.05, 0) is 56.3 Å². The number of methoxy groups -OCH3 is 1. The lowest BCUT2D eigenvalue weighted by Gasteiger charge is -2.34. The van der Waals surface area contributed by atoms with Crippen molar-refractivity contribution in [3.05, 3.63) is 65.5 Å². The summed E-state index contributed by atoms with van der Waals surface area (Å²) in [7, 11) is 3.42. The molecule has 1 unspecified atom stereocenters. The van der Waals surface area contributed by atoms with Crippen LogP contribution >= 0.6 is 0 Å². The molecule has 2 rings (SSSR count). The number of benzene rings is 2. The van der Waals surface area contributed by atoms with Gasteiger partial charge in [0, 0.05) is 26.2 Å². The summed E-state index contributed by atoms with van der Waals surface area (Å²) in [5.41, 5.74) is 0.489. The van der Waals surface area contributed by atoms with Gasteiger partial charge in [0.2, 0.25) is 5.91 Å². The van der Waals surface area contributed by atoms with E-state index < -0.39 is 11.4 Å². The van der Waals surface area contributed by atoms with Crippen molar-refractivity contribution in [3.63, 3.8) is 0 Å². The maximum atomic E-state index is 13.6. The number of amides is 1. The summed E-state index contributed by atoms with van der Waals surface area (Å²) in [4.78, 5) is 27.6. The maximum absolute atomic E-state index is 13.6. The fraction of sp³-hybridized carbons (Fsp3) is 0.440. The predicted octanol–water partition coefficient (Wildman–Crippen LogP) is 2.49. The van der Waals surface area contributed by atoms with Crippen LogP contribution in [0.15, 0.2) is 48.5 Å². The zero-order valence-electron chi connectivity index (χ0n) is 19.8. The molecule has 33 heavy (non-hydrogen) atoms. The van der Waals surface area contributed by atoms with Crippen LogP contribution in [0.1, 0.15) is 25.0 Å². The van der Waals surface area contributed by atoms with Gasteiger partial charge in [-0.3, -0.25) is 14.5 Å². The number of nitrogens with zero attached hydrogens (tertiary/aromatic N) is 1. The number of hydrogen-bond acceptors (Lipinski definition) is 6. The molecule has 2 N–H and O–H groups in total. The van der Waals surface area contributed by atoms with Gasteiger partial charge in [-0.1, -0.05) is 24.3 Å². The lowest BCUT2D eigenvalue weighted by atomic mass is 9.81. The van der Waals surface area contributed by atoms with E-state index in [0.717, 1.165) is 11.3 Å². The van der Waals surface area contributed by atoms with E-state index in [1.165, 1.54) is 12.1 Å². The van der Waals surface area contributed by atoms with Gasteiger partial charge in [-0.15, -0.1) is 0 Å². The van der Waals surface area contributed by atoms with Gasteiger partial charge >= 0.3 is 5.97 Å². The summed E-state index contributed by atoms with van der Waals surface area (Å²) < 4.78 is 24.2. The van der Waals surface area contributed by atoms with Crippen molar-refractivity contribution in [2.45, 2.75) is 25.8 Å². The first-order valence-corrected chi connectivity index (χ1v) is 11.0. The zero-order valence-corrected chi connectivity index (χ0v) is 19.8. The Morgan fingerprint density at radius 2 is 1.73 bits per heavy atom. The molecule has 0 fully saturated rings. The molecular weight excluding hydrogens is 425 g/mol. The van der Waals surface area contributed by atoms with E-state index in [4.69, 9.17) is 9.47 Å². The van der Waals surface area contributed by atoms with Crippen LogP contribution in [0.25, 0.3) is 0 Å². The molecule has 0 saturated carbocycles. The van der Waals surface area contributed by atoms with Gasteiger partial charge in [-0.25, -0.2) is 4.39 Å². The van der Waals surface area contributed by atoms with Gasteiger partial charge < -0.3 is 20.1 Å². The second-order valence-corrected chi connectivity index (χ2v) is 8.01. The first-order chi connectivity index (χ1) is 15.8. The largest absolute Gasteiger partial charge is 0.497 e. The molecule has 0 bridgehead atoms. The van der Waals surface area contributed by atoms with Crippen molar-refractivity contribution in [2.75, 3.05) is 46.9 Å². The molecule has 7 nitrogen and oxygen atoms in total. The lowest BCUT2D eigenvalue weighted by Crippen LogP contribution is -2.48. The molecule has 0 radical (unpaired) electrons. The SMILES string of the molecule is CCOC(=O)C(C)(CN(CC(=O)NCCNC)Cc1ccc(OC)cc1)c1ccc(F)cc1. The topological polar surface area (TPSA) is 79.9 Å². The Bertz CT molecular complexity index is 890. The van der Waals surface area contributed by atoms with Crippen LogP contribution in [0.3, 0.4) is 0 Å². The molecule has 0 heterocycles. The van der Waals surface area contributed by atoms with E-state index in [2.05, 4.69) is 10.6 Å². The van der Waals surface area contributed by atoms with Crippen molar-refractivity contribution >= 4 is 11.9 Å². The van der Waals surface area contributed by atoms with E-state index in [1.807, 2.05) is 36.2 Å². The highest BCUT2D eigenvalue weighted by Crippen LogP contribution is 2.28. The summed E-state index contributed by atoms with van der Waals surface area (Å²) in [5.74, 6) is -0.224. The molecular formula is C25H34FN3O4. The van der Waals surface area contributed by atoms with E-state index in [1.54, 1.807) is 33.1 Å². The fourth-order valence-corrected chi connectivity index (χ4v) is 3.57. The van der Waals surface area contributed by atoms with Crippen molar-refractivity contribution in [1.82, 2.24) is 15.5 Å². The Labute approximate surface area is 195 Å². The Balaban J connectivity index is 2.32. The lowest BCUT2D eigenvalue weighted by molar-refractivity contribution is -0.150. The quantitative estimate of drug-likeness (QED) is 0.354. The normalized spacial score (nSPS) is 12.8. The maximum Gasteiger partial charge on any atom is 0.317 e. The highest BCUT2D eigenvalue weighted by molar-refractivity contribution is 5.83. The number of nitrogens with one attached hydrogen (secondary N) is 2. The average molecular weight is 460 g/mol. The smallest absolute Gasteiger partial charge is 0.317 e. The molecule has 0 aromatic heterocycles. The summed E-state index contributed by atoms with van der Waals surface area (Å²) in [6.45, 7) is 5.61. The van der Waals surface area contributed by atoms with Crippen molar-refractivity contribution in [2.24, 2.45) is 0 Å². The van der Waals surface area contributed by atoms with Gasteiger partial charge in [0.1, 0.15) is 17.0 Å². The average Bonchev–Trinajstić information content (AvgIpc) is 2.80. The molecule has 180 valence electrons. The molecule has 0 saturated heterocycles. The molecule has 0 aliphatic carbocycles. The third kappa shape index (κ3) is 7.83. The third-order valence-corrected chi connectivity index (χ3v) is 5.38. The molecule has 0 aliphatic heterocycles. The summed E-state index contributed by atoms with van der Waals surface area (Å²) in [6.07, 6.45) is 0. The minimum atomic E-state index is -1.10. The van der Waals surface area contributed by atoms with Crippen molar-refractivity contribution in [3.8, 4) is 5.75 Å². The van der Waals surface area contributed by atoms with Crippen LogP contribution in [0, 0.1) is 5.82 Å². The third-order valence-electron chi connectivity index (χ3n) is 5.38. The zero-order chi connectivity index (χ0) is 24.3. The highest BCUT2D eigenvalue weighted by Gasteiger charge is 2.39.